The quantitative estimate of drug-likeness (QED) is 0.632. The number of amides is 1. The van der Waals surface area contributed by atoms with Crippen molar-refractivity contribution in [3.05, 3.63) is 16.5 Å². The topological polar surface area (TPSA) is 66.9 Å². The highest BCUT2D eigenvalue weighted by molar-refractivity contribution is 7.99. The molecule has 8 heteroatoms. The molecular formula is C8H8Cl2N4OS. The van der Waals surface area contributed by atoms with Crippen LogP contribution in [0, 0.1) is 0 Å². The predicted octanol–water partition coefficient (Wildman–Crippen LogP) is 1.38. The van der Waals surface area contributed by atoms with Gasteiger partial charge in [0, 0.05) is 17.7 Å². The smallest absolute Gasteiger partial charge is 0.243 e. The molecule has 1 aromatic heterocycles. The SMILES string of the molecule is O=C(Nc1cc(Cl)nc(Cl)n1)C1CSCN1. The maximum Gasteiger partial charge on any atom is 0.243 e. The number of carbonyl (C=O) groups is 1. The summed E-state index contributed by atoms with van der Waals surface area (Å²) in [6.07, 6.45) is 0. The molecular weight excluding hydrogens is 271 g/mol. The number of hydrogen-bond donors (Lipinski definition) is 2. The standard InChI is InChI=1S/C8H8Cl2N4OS/c9-5-1-6(14-8(10)12-5)13-7(15)4-2-16-3-11-4/h1,4,11H,2-3H2,(H,12,13,14,15). The number of thioether (sulfide) groups is 1. The minimum atomic E-state index is -0.197. The average Bonchev–Trinajstić information content (AvgIpc) is 2.68. The molecule has 0 aromatic carbocycles. The zero-order valence-corrected chi connectivity index (χ0v) is 10.4. The highest BCUT2D eigenvalue weighted by atomic mass is 35.5. The molecule has 1 unspecified atom stereocenters. The van der Waals surface area contributed by atoms with E-state index in [1.54, 1.807) is 11.8 Å². The average molecular weight is 279 g/mol. The van der Waals surface area contributed by atoms with Gasteiger partial charge in [-0.15, -0.1) is 11.8 Å². The first-order valence-electron chi connectivity index (χ1n) is 4.47. The van der Waals surface area contributed by atoms with E-state index in [0.717, 1.165) is 11.6 Å². The summed E-state index contributed by atoms with van der Waals surface area (Å²) in [5.41, 5.74) is 0. The number of rotatable bonds is 2. The van der Waals surface area contributed by atoms with Crippen LogP contribution in [0.3, 0.4) is 0 Å². The summed E-state index contributed by atoms with van der Waals surface area (Å²) in [5, 5.41) is 5.89. The van der Waals surface area contributed by atoms with Crippen LogP contribution in [0.4, 0.5) is 5.82 Å². The van der Waals surface area contributed by atoms with Gasteiger partial charge in [-0.3, -0.25) is 10.1 Å². The highest BCUT2D eigenvalue weighted by Gasteiger charge is 2.22. The molecule has 2 N–H and O–H groups in total. The zero-order valence-electron chi connectivity index (χ0n) is 8.04. The lowest BCUT2D eigenvalue weighted by molar-refractivity contribution is -0.117. The molecule has 16 heavy (non-hydrogen) atoms. The summed E-state index contributed by atoms with van der Waals surface area (Å²) in [5.74, 6) is 1.70. The van der Waals surface area contributed by atoms with Crippen molar-refractivity contribution in [2.45, 2.75) is 6.04 Å². The van der Waals surface area contributed by atoms with Crippen LogP contribution in [0.1, 0.15) is 0 Å². The molecule has 1 aliphatic heterocycles. The number of aromatic nitrogens is 2. The van der Waals surface area contributed by atoms with Gasteiger partial charge in [0.1, 0.15) is 11.0 Å². The molecule has 0 saturated carbocycles. The normalized spacial score (nSPS) is 19.8. The van der Waals surface area contributed by atoms with E-state index in [2.05, 4.69) is 20.6 Å². The number of nitrogens with one attached hydrogen (secondary N) is 2. The van der Waals surface area contributed by atoms with Gasteiger partial charge in [-0.05, 0) is 11.6 Å². The van der Waals surface area contributed by atoms with Gasteiger partial charge in [0.2, 0.25) is 11.2 Å². The molecule has 1 aromatic rings. The number of carbonyl (C=O) groups excluding carboxylic acids is 1. The van der Waals surface area contributed by atoms with E-state index in [0.29, 0.717) is 5.82 Å². The first-order valence-corrected chi connectivity index (χ1v) is 6.38. The minimum Gasteiger partial charge on any atom is -0.309 e. The highest BCUT2D eigenvalue weighted by Crippen LogP contribution is 2.16. The molecule has 5 nitrogen and oxygen atoms in total. The number of hydrogen-bond acceptors (Lipinski definition) is 5. The Morgan fingerprint density at radius 2 is 2.38 bits per heavy atom. The summed E-state index contributed by atoms with van der Waals surface area (Å²) in [6, 6.07) is 1.26. The lowest BCUT2D eigenvalue weighted by atomic mass is 10.3. The molecule has 0 radical (unpaired) electrons. The summed E-state index contributed by atoms with van der Waals surface area (Å²) < 4.78 is 0. The van der Waals surface area contributed by atoms with E-state index in [1.165, 1.54) is 6.07 Å². The zero-order chi connectivity index (χ0) is 11.5. The van der Waals surface area contributed by atoms with Crippen LogP contribution < -0.4 is 10.6 Å². The van der Waals surface area contributed by atoms with E-state index in [4.69, 9.17) is 23.2 Å². The third-order valence-electron chi connectivity index (χ3n) is 1.95. The Morgan fingerprint density at radius 3 is 3.00 bits per heavy atom. The molecule has 1 aliphatic rings. The Balaban J connectivity index is 2.05. The van der Waals surface area contributed by atoms with Crippen LogP contribution in [0.5, 0.6) is 0 Å². The maximum atomic E-state index is 11.7. The van der Waals surface area contributed by atoms with Crippen LogP contribution in [0.15, 0.2) is 6.07 Å². The van der Waals surface area contributed by atoms with Gasteiger partial charge in [-0.1, -0.05) is 11.6 Å². The van der Waals surface area contributed by atoms with Crippen molar-refractivity contribution in [3.63, 3.8) is 0 Å². The van der Waals surface area contributed by atoms with Gasteiger partial charge in [-0.25, -0.2) is 9.97 Å². The van der Waals surface area contributed by atoms with Crippen molar-refractivity contribution in [1.29, 1.82) is 0 Å². The summed E-state index contributed by atoms with van der Waals surface area (Å²) in [7, 11) is 0. The lowest BCUT2D eigenvalue weighted by Crippen LogP contribution is -2.37. The Morgan fingerprint density at radius 1 is 1.56 bits per heavy atom. The third kappa shape index (κ3) is 2.98. The number of nitrogens with zero attached hydrogens (tertiary/aromatic N) is 2. The maximum absolute atomic E-state index is 11.7. The van der Waals surface area contributed by atoms with E-state index in [-0.39, 0.29) is 22.4 Å². The minimum absolute atomic E-state index is 0.0107. The molecule has 1 atom stereocenters. The number of halogens is 2. The largest absolute Gasteiger partial charge is 0.309 e. The first kappa shape index (κ1) is 11.9. The molecule has 1 amide bonds. The molecule has 1 fully saturated rings. The van der Waals surface area contributed by atoms with Crippen molar-refractivity contribution >= 4 is 46.7 Å². The van der Waals surface area contributed by atoms with Crippen LogP contribution in [0.25, 0.3) is 0 Å². The van der Waals surface area contributed by atoms with E-state index < -0.39 is 0 Å². The van der Waals surface area contributed by atoms with Gasteiger partial charge < -0.3 is 5.32 Å². The Labute approximate surface area is 106 Å². The molecule has 86 valence electrons. The van der Waals surface area contributed by atoms with Crippen molar-refractivity contribution in [2.75, 3.05) is 16.9 Å². The fourth-order valence-corrected chi connectivity index (χ4v) is 2.58. The molecule has 0 spiro atoms. The number of anilines is 1. The second-order valence-electron chi connectivity index (χ2n) is 3.11. The Hall–Kier alpha value is -0.560. The molecule has 1 saturated heterocycles. The van der Waals surface area contributed by atoms with Crippen LogP contribution in [-0.2, 0) is 4.79 Å². The third-order valence-corrected chi connectivity index (χ3v) is 3.25. The summed E-state index contributed by atoms with van der Waals surface area (Å²) >= 11 is 13.0. The van der Waals surface area contributed by atoms with Crippen molar-refractivity contribution < 1.29 is 4.79 Å². The predicted molar refractivity (Wildman–Crippen MR) is 64.9 cm³/mol. The fraction of sp³-hybridized carbons (Fsp3) is 0.375. The molecule has 2 heterocycles. The van der Waals surface area contributed by atoms with E-state index in [9.17, 15) is 4.79 Å². The van der Waals surface area contributed by atoms with Crippen molar-refractivity contribution in [2.24, 2.45) is 0 Å². The fourth-order valence-electron chi connectivity index (χ4n) is 1.23. The van der Waals surface area contributed by atoms with Crippen molar-refractivity contribution in [3.8, 4) is 0 Å². The summed E-state index contributed by atoms with van der Waals surface area (Å²) in [4.78, 5) is 19.2. The second kappa shape index (κ2) is 5.18. The molecule has 0 bridgehead atoms. The van der Waals surface area contributed by atoms with Crippen LogP contribution in [-0.4, -0.2) is 33.5 Å². The lowest BCUT2D eigenvalue weighted by Gasteiger charge is -2.09. The molecule has 0 aliphatic carbocycles. The Kier molecular flexibility index (Phi) is 3.86. The Bertz CT molecular complexity index is 391. The van der Waals surface area contributed by atoms with Gasteiger partial charge in [0.05, 0.1) is 6.04 Å². The van der Waals surface area contributed by atoms with Gasteiger partial charge >= 0.3 is 0 Å². The summed E-state index contributed by atoms with van der Waals surface area (Å²) in [6.45, 7) is 0. The van der Waals surface area contributed by atoms with Gasteiger partial charge in [0.25, 0.3) is 0 Å². The van der Waals surface area contributed by atoms with Crippen LogP contribution in [0.2, 0.25) is 10.4 Å². The van der Waals surface area contributed by atoms with Crippen molar-refractivity contribution in [1.82, 2.24) is 15.3 Å². The van der Waals surface area contributed by atoms with Gasteiger partial charge in [-0.2, -0.15) is 0 Å². The van der Waals surface area contributed by atoms with E-state index in [1.807, 2.05) is 0 Å². The first-order chi connectivity index (χ1) is 7.65. The van der Waals surface area contributed by atoms with E-state index >= 15 is 0 Å². The monoisotopic (exact) mass is 278 g/mol. The second-order valence-corrected chi connectivity index (χ2v) is 4.86. The van der Waals surface area contributed by atoms with Crippen LogP contribution >= 0.6 is 35.0 Å². The van der Waals surface area contributed by atoms with Gasteiger partial charge in [0.15, 0.2) is 0 Å². The molecule has 2 rings (SSSR count).